The van der Waals surface area contributed by atoms with Gasteiger partial charge in [0.2, 0.25) is 11.8 Å². The van der Waals surface area contributed by atoms with Crippen molar-refractivity contribution in [3.8, 4) is 5.75 Å². The zero-order valence-electron chi connectivity index (χ0n) is 16.6. The molecular formula is C21H27ClN4O3. The maximum atomic E-state index is 12.6. The summed E-state index contributed by atoms with van der Waals surface area (Å²) in [6.07, 6.45) is 0. The monoisotopic (exact) mass is 418 g/mol. The molecule has 7 nitrogen and oxygen atoms in total. The van der Waals surface area contributed by atoms with Crippen LogP contribution in [0.3, 0.4) is 0 Å². The lowest BCUT2D eigenvalue weighted by Crippen LogP contribution is -2.48. The van der Waals surface area contributed by atoms with Crippen LogP contribution in [0.5, 0.6) is 5.75 Å². The van der Waals surface area contributed by atoms with Gasteiger partial charge in [-0.25, -0.2) is 0 Å². The van der Waals surface area contributed by atoms with Crippen molar-refractivity contribution in [3.63, 3.8) is 0 Å². The second kappa shape index (κ2) is 10.8. The summed E-state index contributed by atoms with van der Waals surface area (Å²) < 4.78 is 5.50. The van der Waals surface area contributed by atoms with Gasteiger partial charge in [0, 0.05) is 43.5 Å². The standard InChI is InChI=1S/C21H26N4O3.ClH/c1-15(26)23-16-7-9-17(10-8-16)24-21(27)14-25-12-11-22-13-19(25)18-5-3-4-6-20(18)28-2;/h3-10,19,22H,11-14H2,1-2H3,(H,23,26)(H,24,27);1H. The van der Waals surface area contributed by atoms with Crippen molar-refractivity contribution >= 4 is 35.6 Å². The second-order valence-electron chi connectivity index (χ2n) is 6.74. The Labute approximate surface area is 177 Å². The van der Waals surface area contributed by atoms with Crippen molar-refractivity contribution in [2.24, 2.45) is 0 Å². The Morgan fingerprint density at radius 2 is 1.76 bits per heavy atom. The van der Waals surface area contributed by atoms with Crippen molar-refractivity contribution in [2.75, 3.05) is 43.9 Å². The highest BCUT2D eigenvalue weighted by atomic mass is 35.5. The Kier molecular flexibility index (Phi) is 8.45. The van der Waals surface area contributed by atoms with E-state index in [4.69, 9.17) is 4.74 Å². The van der Waals surface area contributed by atoms with Gasteiger partial charge in [0.15, 0.2) is 0 Å². The molecule has 0 radical (unpaired) electrons. The van der Waals surface area contributed by atoms with E-state index in [0.29, 0.717) is 11.4 Å². The molecule has 1 unspecified atom stereocenters. The third-order valence-corrected chi connectivity index (χ3v) is 4.69. The van der Waals surface area contributed by atoms with Crippen molar-refractivity contribution < 1.29 is 14.3 Å². The molecule has 3 N–H and O–H groups in total. The van der Waals surface area contributed by atoms with E-state index in [1.807, 2.05) is 24.3 Å². The van der Waals surface area contributed by atoms with Gasteiger partial charge in [-0.05, 0) is 30.3 Å². The highest BCUT2D eigenvalue weighted by Crippen LogP contribution is 2.30. The smallest absolute Gasteiger partial charge is 0.238 e. The van der Waals surface area contributed by atoms with E-state index in [-0.39, 0.29) is 36.8 Å². The van der Waals surface area contributed by atoms with Crippen LogP contribution in [0.15, 0.2) is 48.5 Å². The van der Waals surface area contributed by atoms with Gasteiger partial charge in [0.05, 0.1) is 19.7 Å². The SMILES string of the molecule is COc1ccccc1C1CNCCN1CC(=O)Nc1ccc(NC(C)=O)cc1.Cl. The maximum absolute atomic E-state index is 12.6. The molecule has 0 bridgehead atoms. The Hall–Kier alpha value is -2.61. The molecule has 1 aliphatic heterocycles. The number of amides is 2. The highest BCUT2D eigenvalue weighted by molar-refractivity contribution is 5.93. The lowest BCUT2D eigenvalue weighted by Gasteiger charge is -2.36. The number of ether oxygens (including phenoxy) is 1. The minimum Gasteiger partial charge on any atom is -0.496 e. The first-order valence-electron chi connectivity index (χ1n) is 9.32. The van der Waals surface area contributed by atoms with Crippen LogP contribution >= 0.6 is 12.4 Å². The van der Waals surface area contributed by atoms with Crippen LogP contribution in [0.2, 0.25) is 0 Å². The van der Waals surface area contributed by atoms with Gasteiger partial charge in [-0.3, -0.25) is 14.5 Å². The second-order valence-corrected chi connectivity index (χ2v) is 6.74. The molecule has 3 rings (SSSR count). The summed E-state index contributed by atoms with van der Waals surface area (Å²) in [6.45, 7) is 4.13. The van der Waals surface area contributed by atoms with Crippen LogP contribution in [0.4, 0.5) is 11.4 Å². The largest absolute Gasteiger partial charge is 0.496 e. The highest BCUT2D eigenvalue weighted by Gasteiger charge is 2.27. The zero-order chi connectivity index (χ0) is 19.9. The van der Waals surface area contributed by atoms with Crippen LogP contribution in [-0.2, 0) is 9.59 Å². The van der Waals surface area contributed by atoms with E-state index >= 15 is 0 Å². The maximum Gasteiger partial charge on any atom is 0.238 e. The molecular weight excluding hydrogens is 392 g/mol. The van der Waals surface area contributed by atoms with Crippen molar-refractivity contribution in [3.05, 3.63) is 54.1 Å². The van der Waals surface area contributed by atoms with E-state index < -0.39 is 0 Å². The molecule has 1 fully saturated rings. The predicted molar refractivity (Wildman–Crippen MR) is 117 cm³/mol. The summed E-state index contributed by atoms with van der Waals surface area (Å²) in [5.74, 6) is 0.627. The van der Waals surface area contributed by atoms with Crippen molar-refractivity contribution in [2.45, 2.75) is 13.0 Å². The summed E-state index contributed by atoms with van der Waals surface area (Å²) in [7, 11) is 1.66. The summed E-state index contributed by atoms with van der Waals surface area (Å²) in [5, 5.41) is 9.03. The molecule has 8 heteroatoms. The van der Waals surface area contributed by atoms with Crippen LogP contribution < -0.4 is 20.7 Å². The van der Waals surface area contributed by atoms with Gasteiger partial charge in [-0.2, -0.15) is 0 Å². The number of piperazine rings is 1. The molecule has 1 saturated heterocycles. The molecule has 2 amide bonds. The van der Waals surface area contributed by atoms with Gasteiger partial charge in [-0.15, -0.1) is 12.4 Å². The number of para-hydroxylation sites is 1. The summed E-state index contributed by atoms with van der Waals surface area (Å²) in [6, 6.07) is 15.1. The number of carbonyl (C=O) groups excluding carboxylic acids is 2. The number of nitrogens with one attached hydrogen (secondary N) is 3. The first-order chi connectivity index (χ1) is 13.6. The number of carbonyl (C=O) groups is 2. The molecule has 1 aliphatic rings. The lowest BCUT2D eigenvalue weighted by atomic mass is 10.0. The molecule has 0 saturated carbocycles. The average Bonchev–Trinajstić information content (AvgIpc) is 2.69. The Morgan fingerprint density at radius 3 is 2.41 bits per heavy atom. The van der Waals surface area contributed by atoms with Crippen LogP contribution in [0, 0.1) is 0 Å². The molecule has 2 aromatic carbocycles. The first-order valence-corrected chi connectivity index (χ1v) is 9.32. The van der Waals surface area contributed by atoms with Gasteiger partial charge in [-0.1, -0.05) is 18.2 Å². The minimum absolute atomic E-state index is 0. The number of hydrogen-bond acceptors (Lipinski definition) is 5. The van der Waals surface area contributed by atoms with E-state index in [1.165, 1.54) is 6.92 Å². The molecule has 0 aliphatic carbocycles. The number of anilines is 2. The summed E-state index contributed by atoms with van der Waals surface area (Å²) in [4.78, 5) is 25.9. The fourth-order valence-electron chi connectivity index (χ4n) is 3.41. The number of nitrogens with zero attached hydrogens (tertiary/aromatic N) is 1. The van der Waals surface area contributed by atoms with Crippen LogP contribution in [0.1, 0.15) is 18.5 Å². The van der Waals surface area contributed by atoms with E-state index in [9.17, 15) is 9.59 Å². The fourth-order valence-corrected chi connectivity index (χ4v) is 3.41. The summed E-state index contributed by atoms with van der Waals surface area (Å²) >= 11 is 0. The number of hydrogen-bond donors (Lipinski definition) is 3. The number of benzene rings is 2. The Morgan fingerprint density at radius 1 is 1.10 bits per heavy atom. The third kappa shape index (κ3) is 6.19. The lowest BCUT2D eigenvalue weighted by molar-refractivity contribution is -0.118. The third-order valence-electron chi connectivity index (χ3n) is 4.69. The molecule has 2 aromatic rings. The molecule has 29 heavy (non-hydrogen) atoms. The Balaban J connectivity index is 0.00000300. The predicted octanol–water partition coefficient (Wildman–Crippen LogP) is 2.66. The summed E-state index contributed by atoms with van der Waals surface area (Å²) in [5.41, 5.74) is 2.47. The quantitative estimate of drug-likeness (QED) is 0.671. The van der Waals surface area contributed by atoms with E-state index in [1.54, 1.807) is 31.4 Å². The topological polar surface area (TPSA) is 82.7 Å². The number of methoxy groups -OCH3 is 1. The Bertz CT molecular complexity index is 829. The van der Waals surface area contributed by atoms with Gasteiger partial charge in [0.1, 0.15) is 5.75 Å². The molecule has 1 heterocycles. The normalized spacial score (nSPS) is 16.4. The molecule has 1 atom stereocenters. The van der Waals surface area contributed by atoms with Crippen LogP contribution in [-0.4, -0.2) is 50.0 Å². The van der Waals surface area contributed by atoms with Crippen LogP contribution in [0.25, 0.3) is 0 Å². The van der Waals surface area contributed by atoms with Crippen molar-refractivity contribution in [1.82, 2.24) is 10.2 Å². The van der Waals surface area contributed by atoms with E-state index in [2.05, 4.69) is 20.9 Å². The van der Waals surface area contributed by atoms with Crippen molar-refractivity contribution in [1.29, 1.82) is 0 Å². The number of rotatable bonds is 6. The van der Waals surface area contributed by atoms with E-state index in [0.717, 1.165) is 30.9 Å². The first kappa shape index (κ1) is 22.7. The van der Waals surface area contributed by atoms with Gasteiger partial charge < -0.3 is 20.7 Å². The fraction of sp³-hybridized carbons (Fsp3) is 0.333. The van der Waals surface area contributed by atoms with Gasteiger partial charge in [0.25, 0.3) is 0 Å². The molecule has 156 valence electrons. The zero-order valence-corrected chi connectivity index (χ0v) is 17.4. The van der Waals surface area contributed by atoms with Gasteiger partial charge >= 0.3 is 0 Å². The molecule has 0 aromatic heterocycles. The minimum atomic E-state index is -0.127. The number of halogens is 1. The molecule has 0 spiro atoms. The average molecular weight is 419 g/mol.